The van der Waals surface area contributed by atoms with Crippen molar-refractivity contribution < 1.29 is 29.0 Å². The summed E-state index contributed by atoms with van der Waals surface area (Å²) in [7, 11) is 0. The van der Waals surface area contributed by atoms with E-state index in [1.165, 1.54) is 36.2 Å². The molecule has 5 fully saturated rings. The first-order valence-corrected chi connectivity index (χ1v) is 23.5. The lowest BCUT2D eigenvalue weighted by Gasteiger charge is -2.39. The number of morpholine rings is 1. The number of anilines is 1. The SMILES string of the molecule is C[C@@H]1C=C(c2cnc(NC(=O)C3(NC(=O)c4ccc5c(C6CCCCC6)c6n(c5c4)CC(C(=O)N4CC5(CC5)OC5(CC5)C4)=Cc4ccccc4-6)CCCC3)s2)C=CC1C(=O)O. The van der Waals surface area contributed by atoms with Crippen molar-refractivity contribution in [1.82, 2.24) is 19.8 Å². The number of carboxylic acid groups (broad SMARTS) is 1. The van der Waals surface area contributed by atoms with Crippen molar-refractivity contribution in [3.05, 3.63) is 94.0 Å². The number of hydrogen-bond acceptors (Lipinski definition) is 7. The maximum absolute atomic E-state index is 14.8. The molecule has 1 unspecified atom stereocenters. The molecule has 320 valence electrons. The fraction of sp³-hybridized carbons (Fsp3) is 0.460. The van der Waals surface area contributed by atoms with Crippen LogP contribution in [0.25, 0.3) is 33.8 Å². The molecular formula is C50H53N5O6S. The highest BCUT2D eigenvalue weighted by Gasteiger charge is 2.61. The third-order valence-corrected chi connectivity index (χ3v) is 15.8. The van der Waals surface area contributed by atoms with Crippen LogP contribution in [0.2, 0.25) is 0 Å². The second-order valence-electron chi connectivity index (χ2n) is 19.2. The zero-order valence-electron chi connectivity index (χ0n) is 35.2. The lowest BCUT2D eigenvalue weighted by atomic mass is 9.81. The van der Waals surface area contributed by atoms with Crippen LogP contribution < -0.4 is 10.6 Å². The molecule has 2 aromatic heterocycles. The molecule has 11 rings (SSSR count). The number of allylic oxidation sites excluding steroid dienone is 3. The quantitative estimate of drug-likeness (QED) is 0.161. The summed E-state index contributed by atoms with van der Waals surface area (Å²) in [5.41, 5.74) is 6.14. The van der Waals surface area contributed by atoms with Gasteiger partial charge < -0.3 is 24.6 Å². The molecule has 3 amide bonds. The normalized spacial score (nSPS) is 24.2. The Balaban J connectivity index is 0.913. The van der Waals surface area contributed by atoms with E-state index in [1.807, 2.05) is 25.1 Å². The van der Waals surface area contributed by atoms with Crippen molar-refractivity contribution in [3.63, 3.8) is 0 Å². The van der Waals surface area contributed by atoms with Gasteiger partial charge in [0.05, 0.1) is 47.3 Å². The summed E-state index contributed by atoms with van der Waals surface area (Å²) in [6, 6.07) is 14.4. The number of nitrogens with zero attached hydrogens (tertiary/aromatic N) is 3. The predicted octanol–water partition coefficient (Wildman–Crippen LogP) is 9.10. The van der Waals surface area contributed by atoms with E-state index in [1.54, 1.807) is 18.3 Å². The number of ether oxygens (including phenoxy) is 1. The van der Waals surface area contributed by atoms with Gasteiger partial charge in [0, 0.05) is 33.8 Å². The Morgan fingerprint density at radius 2 is 1.66 bits per heavy atom. The molecule has 7 aliphatic rings. The Kier molecular flexibility index (Phi) is 9.50. The molecule has 4 saturated carbocycles. The molecule has 4 heterocycles. The minimum atomic E-state index is -1.11. The van der Waals surface area contributed by atoms with Crippen LogP contribution in [0.15, 0.2) is 72.5 Å². The Morgan fingerprint density at radius 1 is 0.919 bits per heavy atom. The van der Waals surface area contributed by atoms with E-state index in [4.69, 9.17) is 4.74 Å². The number of thiazole rings is 1. The Bertz CT molecular complexity index is 2610. The highest BCUT2D eigenvalue weighted by atomic mass is 32.1. The number of carbonyl (C=O) groups is 4. The Labute approximate surface area is 365 Å². The smallest absolute Gasteiger partial charge is 0.310 e. The lowest BCUT2D eigenvalue weighted by Crippen LogP contribution is -2.55. The molecule has 3 N–H and O–H groups in total. The van der Waals surface area contributed by atoms with E-state index in [2.05, 4.69) is 61.5 Å². The van der Waals surface area contributed by atoms with Crippen LogP contribution in [0.4, 0.5) is 5.13 Å². The van der Waals surface area contributed by atoms with Gasteiger partial charge in [-0.2, -0.15) is 0 Å². The van der Waals surface area contributed by atoms with Crippen molar-refractivity contribution in [2.24, 2.45) is 11.8 Å². The average Bonchev–Trinajstić information content (AvgIpc) is 4.01. The fourth-order valence-corrected chi connectivity index (χ4v) is 12.0. The number of aliphatic carboxylic acids is 1. The molecule has 5 aliphatic carbocycles. The van der Waals surface area contributed by atoms with Gasteiger partial charge in [0.25, 0.3) is 17.7 Å². The molecule has 0 radical (unpaired) electrons. The van der Waals surface area contributed by atoms with Crippen LogP contribution in [0, 0.1) is 11.8 Å². The topological polar surface area (TPSA) is 143 Å². The van der Waals surface area contributed by atoms with E-state index in [9.17, 15) is 24.3 Å². The number of nitrogens with one attached hydrogen (secondary N) is 2. The van der Waals surface area contributed by atoms with Crippen LogP contribution >= 0.6 is 11.3 Å². The maximum Gasteiger partial charge on any atom is 0.310 e. The molecule has 12 heteroatoms. The minimum Gasteiger partial charge on any atom is -0.481 e. The summed E-state index contributed by atoms with van der Waals surface area (Å²) >= 11 is 1.33. The number of hydrogen-bond donors (Lipinski definition) is 3. The number of amides is 3. The van der Waals surface area contributed by atoms with Crippen molar-refractivity contribution >= 4 is 62.7 Å². The summed E-state index contributed by atoms with van der Waals surface area (Å²) in [6.07, 6.45) is 21.7. The van der Waals surface area contributed by atoms with Crippen molar-refractivity contribution in [1.29, 1.82) is 0 Å². The molecule has 2 aliphatic heterocycles. The molecule has 0 bridgehead atoms. The van der Waals surface area contributed by atoms with Crippen LogP contribution in [-0.4, -0.2) is 73.1 Å². The van der Waals surface area contributed by atoms with Gasteiger partial charge in [0.1, 0.15) is 5.54 Å². The van der Waals surface area contributed by atoms with E-state index in [0.29, 0.717) is 49.1 Å². The summed E-state index contributed by atoms with van der Waals surface area (Å²) in [5.74, 6) is -1.78. The van der Waals surface area contributed by atoms with Gasteiger partial charge in [-0.25, -0.2) is 4.98 Å². The van der Waals surface area contributed by atoms with E-state index in [-0.39, 0.29) is 34.8 Å². The highest BCUT2D eigenvalue weighted by molar-refractivity contribution is 7.16. The highest BCUT2D eigenvalue weighted by Crippen LogP contribution is 2.55. The third-order valence-electron chi connectivity index (χ3n) is 14.9. The molecule has 62 heavy (non-hydrogen) atoms. The summed E-state index contributed by atoms with van der Waals surface area (Å²) < 4.78 is 8.89. The average molecular weight is 852 g/mol. The lowest BCUT2D eigenvalue weighted by molar-refractivity contribution is -0.150. The van der Waals surface area contributed by atoms with Crippen LogP contribution in [-0.2, 0) is 25.7 Å². The summed E-state index contributed by atoms with van der Waals surface area (Å²) in [5, 5.41) is 17.3. The summed E-state index contributed by atoms with van der Waals surface area (Å²) in [4.78, 5) is 62.5. The van der Waals surface area contributed by atoms with Crippen LogP contribution in [0.5, 0.6) is 0 Å². The van der Waals surface area contributed by atoms with E-state index < -0.39 is 17.4 Å². The third kappa shape index (κ3) is 6.94. The molecule has 2 atom stereocenters. The van der Waals surface area contributed by atoms with E-state index in [0.717, 1.165) is 95.1 Å². The standard InChI is InChI=1S/C50H53N5O6S/c1-30-23-33(13-15-36(30)45(58)59)40-26-51-47(62-40)52-46(60)50(17-7-8-18-50)53-43(56)34-14-16-38-39(25-34)55-27-35(44(57)54-28-48(19-20-48)61-49(29-54)21-22-49)24-32-11-5-6-12-37(32)42(55)41(38)31-9-3-2-4-10-31/h5-6,11-16,23-26,30-31,36H,2-4,7-10,17-22,27-29H2,1H3,(H,53,56)(H,58,59)(H,51,52,60)/t30-,36?/m1/s1. The molecular weight excluding hydrogens is 799 g/mol. The van der Waals surface area contributed by atoms with E-state index >= 15 is 0 Å². The van der Waals surface area contributed by atoms with Crippen molar-refractivity contribution in [2.45, 2.75) is 120 Å². The molecule has 11 nitrogen and oxygen atoms in total. The van der Waals surface area contributed by atoms with Gasteiger partial charge in [-0.05, 0) is 98.1 Å². The number of carboxylic acids is 1. The largest absolute Gasteiger partial charge is 0.481 e. The molecule has 1 saturated heterocycles. The number of aromatic nitrogens is 2. The molecule has 4 aromatic rings. The first-order chi connectivity index (χ1) is 30.0. The van der Waals surface area contributed by atoms with Crippen LogP contribution in [0.3, 0.4) is 0 Å². The minimum absolute atomic E-state index is 0.0679. The van der Waals surface area contributed by atoms with Crippen molar-refractivity contribution in [2.75, 3.05) is 18.4 Å². The zero-order chi connectivity index (χ0) is 42.4. The van der Waals surface area contributed by atoms with Gasteiger partial charge in [-0.1, -0.05) is 98.9 Å². The van der Waals surface area contributed by atoms with Gasteiger partial charge in [0.2, 0.25) is 0 Å². The molecule has 2 aromatic carbocycles. The monoisotopic (exact) mass is 851 g/mol. The molecule has 2 spiro atoms. The fourth-order valence-electron chi connectivity index (χ4n) is 11.2. The second-order valence-corrected chi connectivity index (χ2v) is 20.3. The maximum atomic E-state index is 14.8. The second kappa shape index (κ2) is 14.9. The van der Waals surface area contributed by atoms with Crippen LogP contribution in [0.1, 0.15) is 123 Å². The predicted molar refractivity (Wildman–Crippen MR) is 240 cm³/mol. The van der Waals surface area contributed by atoms with Gasteiger partial charge in [-0.15, -0.1) is 0 Å². The van der Waals surface area contributed by atoms with Gasteiger partial charge >= 0.3 is 5.97 Å². The van der Waals surface area contributed by atoms with Gasteiger partial charge in [-0.3, -0.25) is 24.5 Å². The Morgan fingerprint density at radius 3 is 2.37 bits per heavy atom. The van der Waals surface area contributed by atoms with Crippen molar-refractivity contribution in [3.8, 4) is 11.3 Å². The first-order valence-electron chi connectivity index (χ1n) is 22.7. The summed E-state index contributed by atoms with van der Waals surface area (Å²) in [6.45, 7) is 3.53. The number of carbonyl (C=O) groups excluding carboxylic acids is 3. The number of rotatable bonds is 8. The number of benzene rings is 2. The Hall–Kier alpha value is -5.33. The van der Waals surface area contributed by atoms with Gasteiger partial charge in [0.15, 0.2) is 5.13 Å². The first kappa shape index (κ1) is 39.5. The zero-order valence-corrected chi connectivity index (χ0v) is 36.0. The number of fused-ring (bicyclic) bond motifs is 5.